The van der Waals surface area contributed by atoms with Gasteiger partial charge in [-0.15, -0.1) is 0 Å². The average Bonchev–Trinajstić information content (AvgIpc) is 1.17. The molecule has 135 heavy (non-hydrogen) atoms. The number of carbonyl (C=O) groups is 12. The lowest BCUT2D eigenvalue weighted by Crippen LogP contribution is -2.44. The van der Waals surface area contributed by atoms with Crippen LogP contribution in [0.1, 0.15) is 107 Å². The first-order valence-corrected chi connectivity index (χ1v) is 41.5. The number of rotatable bonds is 19. The number of nitrogens with one attached hydrogen (secondary N) is 4. The number of ether oxygens (including phenoxy) is 5. The van der Waals surface area contributed by atoms with Crippen molar-refractivity contribution in [3.8, 4) is 91.4 Å². The number of carbonyl (C=O) groups excluding carboxylic acids is 12. The van der Waals surface area contributed by atoms with Gasteiger partial charge in [0.15, 0.2) is 12.2 Å². The quantitative estimate of drug-likeness (QED) is 0.0285. The zero-order chi connectivity index (χ0) is 96.0. The van der Waals surface area contributed by atoms with Gasteiger partial charge in [-0.1, -0.05) is 148 Å². The summed E-state index contributed by atoms with van der Waals surface area (Å²) in [6.07, 6.45) is -5.52. The van der Waals surface area contributed by atoms with E-state index in [0.29, 0.717) is 61.0 Å². The molecule has 0 bridgehead atoms. The van der Waals surface area contributed by atoms with Crippen molar-refractivity contribution in [1.29, 1.82) is 0 Å². The third-order valence-corrected chi connectivity index (χ3v) is 20.2. The van der Waals surface area contributed by atoms with Gasteiger partial charge in [0.2, 0.25) is 29.2 Å². The van der Waals surface area contributed by atoms with Crippen LogP contribution in [0.5, 0.6) is 0 Å². The Morgan fingerprint density at radius 1 is 0.430 bits per heavy atom. The van der Waals surface area contributed by atoms with E-state index < -0.39 is 119 Å². The largest absolute Gasteiger partial charge is 0.446 e. The summed E-state index contributed by atoms with van der Waals surface area (Å²) in [7, 11) is 1.28. The van der Waals surface area contributed by atoms with Gasteiger partial charge in [0, 0.05) is 97.1 Å². The smallest absolute Gasteiger partial charge is 0.414 e. The van der Waals surface area contributed by atoms with Gasteiger partial charge in [0.25, 0.3) is 59.0 Å². The molecule has 3 aliphatic rings. The van der Waals surface area contributed by atoms with Gasteiger partial charge in [-0.3, -0.25) is 64.6 Å². The predicted octanol–water partition coefficient (Wildman–Crippen LogP) is 14.3. The van der Waals surface area contributed by atoms with E-state index in [1.807, 2.05) is 28.8 Å². The van der Waals surface area contributed by atoms with E-state index in [0.717, 1.165) is 24.5 Å². The van der Waals surface area contributed by atoms with Gasteiger partial charge in [0.05, 0.1) is 28.7 Å². The number of piperidine rings is 2. The minimum atomic E-state index is -1.28. The van der Waals surface area contributed by atoms with Gasteiger partial charge < -0.3 is 52.4 Å². The third kappa shape index (κ3) is 25.9. The molecule has 16 rings (SSSR count). The van der Waals surface area contributed by atoms with Gasteiger partial charge in [0.1, 0.15) is 41.1 Å². The van der Waals surface area contributed by atoms with E-state index in [2.05, 4.69) is 73.0 Å². The number of primary amides is 1. The maximum absolute atomic E-state index is 14.0. The van der Waals surface area contributed by atoms with Crippen LogP contribution in [0.15, 0.2) is 243 Å². The summed E-state index contributed by atoms with van der Waals surface area (Å²) in [4.78, 5) is 166. The molecule has 692 valence electrons. The summed E-state index contributed by atoms with van der Waals surface area (Å²) in [6.45, 7) is 9.89. The van der Waals surface area contributed by atoms with Gasteiger partial charge in [-0.05, 0) is 143 Å². The summed E-state index contributed by atoms with van der Waals surface area (Å²) < 4.78 is 102. The minimum absolute atomic E-state index is 0.00393. The number of imide groups is 5. The number of aromatic nitrogens is 8. The highest BCUT2D eigenvalue weighted by Gasteiger charge is 2.40. The zero-order valence-electron chi connectivity index (χ0n) is 72.3. The number of nitrogens with two attached hydrogens (primary N) is 1. The topological polar surface area (TPSA) is 491 Å². The Hall–Kier alpha value is -17.1. The molecule has 0 aliphatic carbocycles. The zero-order valence-corrected chi connectivity index (χ0v) is 72.3. The number of hydrogen-bond acceptors (Lipinski definition) is 30. The third-order valence-electron chi connectivity index (χ3n) is 20.2. The molecular weight excluding hydrogens is 1770 g/mol. The number of halogens is 4. The lowest BCUT2D eigenvalue weighted by Gasteiger charge is -2.33. The van der Waals surface area contributed by atoms with Crippen LogP contribution in [-0.4, -0.2) is 190 Å². The summed E-state index contributed by atoms with van der Waals surface area (Å²) in [5.74, 6) is -6.30. The van der Waals surface area contributed by atoms with Gasteiger partial charge in [-0.25, -0.2) is 41.5 Å². The summed E-state index contributed by atoms with van der Waals surface area (Å²) in [5.41, 5.74) is 8.56. The highest BCUT2D eigenvalue weighted by Crippen LogP contribution is 2.32. The first kappa shape index (κ1) is 95.4. The molecular formula is C94H82F4N16O21. The molecule has 3 saturated heterocycles. The number of benzene rings is 9. The summed E-state index contributed by atoms with van der Waals surface area (Å²) >= 11 is 0. The van der Waals surface area contributed by atoms with Crippen molar-refractivity contribution >= 4 is 71.8 Å². The second kappa shape index (κ2) is 44.0. The van der Waals surface area contributed by atoms with Crippen LogP contribution in [0.25, 0.3) is 91.4 Å². The molecule has 13 aromatic rings. The number of hydrogen-bond donors (Lipinski definition) is 5. The van der Waals surface area contributed by atoms with Crippen molar-refractivity contribution in [3.05, 3.63) is 276 Å². The van der Waals surface area contributed by atoms with Crippen LogP contribution in [0.3, 0.4) is 0 Å². The van der Waals surface area contributed by atoms with E-state index in [9.17, 15) is 75.1 Å². The van der Waals surface area contributed by atoms with Crippen LogP contribution in [0, 0.1) is 23.3 Å². The normalized spacial score (nSPS) is 14.0. The predicted molar refractivity (Wildman–Crippen MR) is 467 cm³/mol. The molecule has 2 atom stereocenters. The van der Waals surface area contributed by atoms with Crippen molar-refractivity contribution in [2.24, 2.45) is 5.73 Å². The van der Waals surface area contributed by atoms with Crippen molar-refractivity contribution in [2.75, 3.05) is 33.2 Å². The lowest BCUT2D eigenvalue weighted by atomic mass is 10.1. The van der Waals surface area contributed by atoms with E-state index in [1.54, 1.807) is 111 Å². The Morgan fingerprint density at radius 3 is 1.07 bits per heavy atom. The van der Waals surface area contributed by atoms with E-state index in [-0.39, 0.29) is 104 Å². The maximum atomic E-state index is 14.0. The number of alkyl carbamates (subject to hydrolysis) is 4. The Labute approximate surface area is 764 Å². The van der Waals surface area contributed by atoms with Crippen molar-refractivity contribution in [2.45, 2.75) is 96.4 Å². The van der Waals surface area contributed by atoms with Crippen LogP contribution in [-0.2, 0) is 44.6 Å². The number of nitrogens with zero attached hydrogens (tertiary/aromatic N) is 11. The Balaban J connectivity index is 0.000000153. The summed E-state index contributed by atoms with van der Waals surface area (Å²) in [6, 6.07) is 58.8. The molecule has 4 aromatic heterocycles. The minimum Gasteiger partial charge on any atom is -0.446 e. The molecule has 0 radical (unpaired) electrons. The van der Waals surface area contributed by atoms with Crippen molar-refractivity contribution < 1.29 is 117 Å². The molecule has 6 N–H and O–H groups in total. The Kier molecular flexibility index (Phi) is 31.1. The molecule has 41 heteroatoms. The Morgan fingerprint density at radius 2 is 0.748 bits per heavy atom. The molecule has 3 aliphatic heterocycles. The first-order valence-electron chi connectivity index (χ1n) is 41.5. The van der Waals surface area contributed by atoms with E-state index >= 15 is 0 Å². The van der Waals surface area contributed by atoms with Crippen LogP contribution in [0.4, 0.5) is 41.5 Å². The molecule has 0 spiro atoms. The first-order chi connectivity index (χ1) is 64.8. The fourth-order valence-electron chi connectivity index (χ4n) is 13.3. The van der Waals surface area contributed by atoms with Crippen LogP contribution in [0.2, 0.25) is 0 Å². The molecule has 0 saturated carbocycles. The Bertz CT molecular complexity index is 6550. The van der Waals surface area contributed by atoms with Crippen LogP contribution < -0.4 is 27.0 Å². The second-order valence-corrected chi connectivity index (χ2v) is 31.0. The number of likely N-dealkylation sites (tertiary alicyclic amines) is 3. The second-order valence-electron chi connectivity index (χ2n) is 31.0. The van der Waals surface area contributed by atoms with Gasteiger partial charge in [-0.2, -0.15) is 19.9 Å². The summed E-state index contributed by atoms with van der Waals surface area (Å²) in [5, 5.41) is 23.8. The molecule has 12 amide bonds. The molecule has 3 fully saturated rings. The van der Waals surface area contributed by atoms with E-state index in [1.165, 1.54) is 129 Å². The van der Waals surface area contributed by atoms with Crippen molar-refractivity contribution in [3.63, 3.8) is 0 Å². The van der Waals surface area contributed by atoms with Gasteiger partial charge >= 0.3 is 30.5 Å². The van der Waals surface area contributed by atoms with E-state index in [4.69, 9.17) is 42.8 Å². The monoisotopic (exact) mass is 1850 g/mol. The van der Waals surface area contributed by atoms with Crippen LogP contribution >= 0.6 is 0 Å². The molecule has 7 heterocycles. The molecule has 0 unspecified atom stereocenters. The molecule has 37 nitrogen and oxygen atoms in total. The average molecular weight is 1850 g/mol. The standard InChI is InChI=1S/C28H25FN4O4.C26H27FN4O6.C21H15FN4O6.C19H15FN4O5/c29-24-12-5-4-11-23(24)27-30-25(32-37-27)20-9-6-10-21(17-20)26(34)31-28(35)36-22-13-15-33(16-14-22)18-19-7-2-1-3-8-19;1-26(2,3)36-25(34)31-13-11-18(12-14-31)35-24(33)29-22(32)17-8-6-7-16(15-17)21-28-23(37-30-21)19-9-4-5-10-20(19)27;1-26-16(27)10-15(20(26)29)31-21(30)24-18(28)12-6-4-5-11(9-12)17-23-19(32-25-17)13-7-2-3-8-14(13)22;1-10(15(21)25)28-19(27)23-17(26)12-6-4-5-11(9-12)16-22-18(29-24-16)13-7-2-3-8-14(13)20/h1-12,17,22H,13-16,18H2,(H,31,34,35);4-10,15,18H,11-14H2,1-3H3,(H,29,32,33);2-9,15H,10H2,1H3,(H,24,28,30);2-10H,1H3,(H2,21,25)(H,23,26,27)/t;;15-;10-/m..01/s1. The SMILES string of the molecule is CC(C)(C)OC(=O)N1CCC(OC(=O)NC(=O)c2cccc(-c3noc(-c4ccccc4F)n3)c2)CC1.CN1C(=O)C[C@H](OC(=O)NC(=O)c2cccc(-c3noc(-c4ccccc4F)n3)c2)C1=O.C[C@@H](OC(=O)NC(=O)c1cccc(-c2noc(-c3ccccc3F)n2)c1)C(N)=O.O=C(NC(=O)c1cccc(-c2noc(-c3ccccc3F)n2)c1)OC1CCN(Cc2ccccc2)CC1. The van der Waals surface area contributed by atoms with Crippen molar-refractivity contribution in [1.82, 2.24) is 76.5 Å². The highest BCUT2D eigenvalue weighted by atomic mass is 19.1. The number of likely N-dealkylation sites (N-methyl/N-ethyl adjacent to an activating group) is 1. The fourth-order valence-corrected chi connectivity index (χ4v) is 13.3. The number of amides is 12. The lowest BCUT2D eigenvalue weighted by molar-refractivity contribution is -0.139. The fraction of sp³-hybridized carbons (Fsp3) is 0.213. The maximum Gasteiger partial charge on any atom is 0.414 e. The highest BCUT2D eigenvalue weighted by molar-refractivity contribution is 6.08. The molecule has 9 aromatic carbocycles.